The van der Waals surface area contributed by atoms with E-state index in [1.54, 1.807) is 13.0 Å². The third-order valence-electron chi connectivity index (χ3n) is 4.32. The highest BCUT2D eigenvalue weighted by atomic mass is 32.2. The first-order chi connectivity index (χ1) is 11.9. The van der Waals surface area contributed by atoms with Crippen LogP contribution in [0.4, 0.5) is 0 Å². The lowest BCUT2D eigenvalue weighted by Crippen LogP contribution is -2.37. The Morgan fingerprint density at radius 1 is 1.24 bits per heavy atom. The standard InChI is InChI=1S/C17H27N3O4S/c1-14-5-6-15(25(22,23)18-2)13-16(14)17(21)19-7-3-4-8-20-9-11-24-12-10-20/h5-6,13,18H,3-4,7-12H2,1-2H3,(H,19,21). The average Bonchev–Trinajstić information content (AvgIpc) is 2.62. The second-order valence-corrected chi connectivity index (χ2v) is 7.99. The average molecular weight is 369 g/mol. The molecule has 1 heterocycles. The topological polar surface area (TPSA) is 87.7 Å². The highest BCUT2D eigenvalue weighted by Gasteiger charge is 2.16. The van der Waals surface area contributed by atoms with Crippen LogP contribution in [-0.2, 0) is 14.8 Å². The van der Waals surface area contributed by atoms with Crippen molar-refractivity contribution in [3.05, 3.63) is 29.3 Å². The summed E-state index contributed by atoms with van der Waals surface area (Å²) in [6.45, 7) is 6.91. The second-order valence-electron chi connectivity index (χ2n) is 6.10. The van der Waals surface area contributed by atoms with Crippen LogP contribution in [0.5, 0.6) is 0 Å². The van der Waals surface area contributed by atoms with Gasteiger partial charge in [0.1, 0.15) is 0 Å². The first-order valence-electron chi connectivity index (χ1n) is 8.56. The molecule has 0 bridgehead atoms. The van der Waals surface area contributed by atoms with Crippen LogP contribution in [-0.4, -0.2) is 65.7 Å². The van der Waals surface area contributed by atoms with Gasteiger partial charge in [-0.05, 0) is 51.1 Å². The zero-order valence-corrected chi connectivity index (χ0v) is 15.7. The summed E-state index contributed by atoms with van der Waals surface area (Å²) in [6, 6.07) is 4.57. The van der Waals surface area contributed by atoms with E-state index in [4.69, 9.17) is 4.74 Å². The SMILES string of the molecule is CNS(=O)(=O)c1ccc(C)c(C(=O)NCCCCN2CCOCC2)c1. The predicted octanol–water partition coefficient (Wildman–Crippen LogP) is 0.745. The first-order valence-corrected chi connectivity index (χ1v) is 10.0. The molecule has 0 unspecified atom stereocenters. The maximum Gasteiger partial charge on any atom is 0.251 e. The molecule has 0 saturated carbocycles. The molecule has 0 aromatic heterocycles. The molecular formula is C17H27N3O4S. The number of carbonyl (C=O) groups excluding carboxylic acids is 1. The minimum atomic E-state index is -3.56. The Balaban J connectivity index is 1.83. The van der Waals surface area contributed by atoms with Crippen LogP contribution < -0.4 is 10.0 Å². The summed E-state index contributed by atoms with van der Waals surface area (Å²) in [5.41, 5.74) is 1.14. The number of rotatable bonds is 8. The van der Waals surface area contributed by atoms with Crippen LogP contribution in [0, 0.1) is 6.92 Å². The fraction of sp³-hybridized carbons (Fsp3) is 0.588. The van der Waals surface area contributed by atoms with Gasteiger partial charge in [-0.1, -0.05) is 6.07 Å². The molecule has 1 aromatic rings. The Morgan fingerprint density at radius 2 is 1.96 bits per heavy atom. The fourth-order valence-corrected chi connectivity index (χ4v) is 3.47. The quantitative estimate of drug-likeness (QED) is 0.660. The van der Waals surface area contributed by atoms with Crippen molar-refractivity contribution in [2.24, 2.45) is 0 Å². The van der Waals surface area contributed by atoms with Gasteiger partial charge >= 0.3 is 0 Å². The molecule has 7 nitrogen and oxygen atoms in total. The second kappa shape index (κ2) is 9.28. The van der Waals surface area contributed by atoms with Crippen LogP contribution >= 0.6 is 0 Å². The normalized spacial score (nSPS) is 15.9. The fourth-order valence-electron chi connectivity index (χ4n) is 2.71. The van der Waals surface area contributed by atoms with Crippen molar-refractivity contribution in [2.45, 2.75) is 24.7 Å². The van der Waals surface area contributed by atoms with Crippen LogP contribution in [0.1, 0.15) is 28.8 Å². The molecule has 1 amide bonds. The lowest BCUT2D eigenvalue weighted by Gasteiger charge is -2.26. The van der Waals surface area contributed by atoms with Crippen molar-refractivity contribution < 1.29 is 17.9 Å². The summed E-state index contributed by atoms with van der Waals surface area (Å²) in [4.78, 5) is 14.8. The number of nitrogens with one attached hydrogen (secondary N) is 2. The maximum absolute atomic E-state index is 12.3. The number of hydrogen-bond donors (Lipinski definition) is 2. The Hall–Kier alpha value is -1.48. The molecule has 8 heteroatoms. The molecule has 2 rings (SSSR count). The van der Waals surface area contributed by atoms with E-state index < -0.39 is 10.0 Å². The molecule has 0 radical (unpaired) electrons. The zero-order valence-electron chi connectivity index (χ0n) is 14.9. The van der Waals surface area contributed by atoms with Crippen LogP contribution in [0.15, 0.2) is 23.1 Å². The minimum Gasteiger partial charge on any atom is -0.379 e. The molecular weight excluding hydrogens is 342 g/mol. The van der Waals surface area contributed by atoms with Crippen LogP contribution in [0.3, 0.4) is 0 Å². The number of ether oxygens (including phenoxy) is 1. The number of unbranched alkanes of at least 4 members (excludes halogenated alkanes) is 1. The van der Waals surface area contributed by atoms with Gasteiger partial charge < -0.3 is 10.1 Å². The van der Waals surface area contributed by atoms with Crippen molar-refractivity contribution in [3.8, 4) is 0 Å². The van der Waals surface area contributed by atoms with Gasteiger partial charge in [-0.3, -0.25) is 9.69 Å². The van der Waals surface area contributed by atoms with Crippen molar-refractivity contribution in [1.82, 2.24) is 14.9 Å². The van der Waals surface area contributed by atoms with Gasteiger partial charge in [0.2, 0.25) is 10.0 Å². The summed E-state index contributed by atoms with van der Waals surface area (Å²) in [5.74, 6) is -0.239. The third kappa shape index (κ3) is 5.78. The Bertz CT molecular complexity index is 685. The van der Waals surface area contributed by atoms with Gasteiger partial charge in [0.25, 0.3) is 5.91 Å². The number of sulfonamides is 1. The van der Waals surface area contributed by atoms with E-state index in [0.717, 1.165) is 51.3 Å². The summed E-state index contributed by atoms with van der Waals surface area (Å²) in [6.07, 6.45) is 1.89. The molecule has 1 fully saturated rings. The zero-order chi connectivity index (χ0) is 18.3. The highest BCUT2D eigenvalue weighted by molar-refractivity contribution is 7.89. The smallest absolute Gasteiger partial charge is 0.251 e. The third-order valence-corrected chi connectivity index (χ3v) is 5.74. The molecule has 0 spiro atoms. The molecule has 140 valence electrons. The molecule has 2 N–H and O–H groups in total. The molecule has 0 aliphatic carbocycles. The summed E-state index contributed by atoms with van der Waals surface area (Å²) in [7, 11) is -2.21. The lowest BCUT2D eigenvalue weighted by atomic mass is 10.1. The summed E-state index contributed by atoms with van der Waals surface area (Å²) >= 11 is 0. The van der Waals surface area contributed by atoms with E-state index in [9.17, 15) is 13.2 Å². The molecule has 0 atom stereocenters. The van der Waals surface area contributed by atoms with Crippen LogP contribution in [0.25, 0.3) is 0 Å². The van der Waals surface area contributed by atoms with E-state index in [1.165, 1.54) is 19.2 Å². The van der Waals surface area contributed by atoms with E-state index in [2.05, 4.69) is 14.9 Å². The van der Waals surface area contributed by atoms with Crippen LogP contribution in [0.2, 0.25) is 0 Å². The molecule has 1 saturated heterocycles. The summed E-state index contributed by atoms with van der Waals surface area (Å²) < 4.78 is 31.3. The maximum atomic E-state index is 12.3. The number of morpholine rings is 1. The summed E-state index contributed by atoms with van der Waals surface area (Å²) in [5, 5.41) is 2.88. The highest BCUT2D eigenvalue weighted by Crippen LogP contribution is 2.15. The molecule has 1 aliphatic rings. The first kappa shape index (κ1) is 19.8. The van der Waals surface area contributed by atoms with Gasteiger partial charge in [0, 0.05) is 25.2 Å². The Morgan fingerprint density at radius 3 is 2.64 bits per heavy atom. The predicted molar refractivity (Wildman–Crippen MR) is 96.3 cm³/mol. The molecule has 25 heavy (non-hydrogen) atoms. The van der Waals surface area contributed by atoms with Gasteiger partial charge in [0.05, 0.1) is 18.1 Å². The van der Waals surface area contributed by atoms with Gasteiger partial charge in [-0.25, -0.2) is 13.1 Å². The van der Waals surface area contributed by atoms with Crippen molar-refractivity contribution >= 4 is 15.9 Å². The van der Waals surface area contributed by atoms with Crippen molar-refractivity contribution in [3.63, 3.8) is 0 Å². The molecule has 1 aliphatic heterocycles. The van der Waals surface area contributed by atoms with Crippen molar-refractivity contribution in [1.29, 1.82) is 0 Å². The lowest BCUT2D eigenvalue weighted by molar-refractivity contribution is 0.0372. The monoisotopic (exact) mass is 369 g/mol. The number of carbonyl (C=O) groups is 1. The Kier molecular flexibility index (Phi) is 7.37. The number of hydrogen-bond acceptors (Lipinski definition) is 5. The minimum absolute atomic E-state index is 0.0954. The van der Waals surface area contributed by atoms with Gasteiger partial charge in [-0.15, -0.1) is 0 Å². The molecule has 1 aromatic carbocycles. The van der Waals surface area contributed by atoms with E-state index >= 15 is 0 Å². The van der Waals surface area contributed by atoms with E-state index in [1.807, 2.05) is 0 Å². The number of aryl methyl sites for hydroxylation is 1. The van der Waals surface area contributed by atoms with Crippen molar-refractivity contribution in [2.75, 3.05) is 46.4 Å². The van der Waals surface area contributed by atoms with E-state index in [0.29, 0.717) is 12.1 Å². The van der Waals surface area contributed by atoms with Gasteiger partial charge in [-0.2, -0.15) is 0 Å². The van der Waals surface area contributed by atoms with Gasteiger partial charge in [0.15, 0.2) is 0 Å². The Labute approximate surface area is 149 Å². The number of benzene rings is 1. The van der Waals surface area contributed by atoms with E-state index in [-0.39, 0.29) is 10.8 Å². The number of amides is 1. The largest absolute Gasteiger partial charge is 0.379 e. The number of nitrogens with zero attached hydrogens (tertiary/aromatic N) is 1.